The number of nitrogens with zero attached hydrogens (tertiary/aromatic N) is 3. The summed E-state index contributed by atoms with van der Waals surface area (Å²) in [5.74, 6) is -0.951. The Bertz CT molecular complexity index is 927. The number of amides is 1. The highest BCUT2D eigenvalue weighted by Gasteiger charge is 2.23. The lowest BCUT2D eigenvalue weighted by molar-refractivity contribution is -0.394. The number of benzene rings is 2. The number of carbonyl (C=O) groups is 1. The highest BCUT2D eigenvalue weighted by molar-refractivity contribution is 5.88. The topological polar surface area (TPSA) is 157 Å². The maximum Gasteiger partial charge on any atom is 0.318 e. The molecular formula is C16H14N4O7. The van der Waals surface area contributed by atoms with Gasteiger partial charge in [-0.3, -0.25) is 25.0 Å². The van der Waals surface area contributed by atoms with Crippen LogP contribution in [-0.4, -0.2) is 33.7 Å². The molecule has 0 radical (unpaired) electrons. The van der Waals surface area contributed by atoms with E-state index in [9.17, 15) is 30.1 Å². The van der Waals surface area contributed by atoms with Gasteiger partial charge in [0.2, 0.25) is 5.75 Å². The zero-order valence-corrected chi connectivity index (χ0v) is 14.0. The van der Waals surface area contributed by atoms with E-state index in [-0.39, 0.29) is 12.2 Å². The fraction of sp³-hybridized carbons (Fsp3) is 0.125. The quantitative estimate of drug-likeness (QED) is 0.426. The van der Waals surface area contributed by atoms with Gasteiger partial charge in [-0.2, -0.15) is 5.10 Å². The first kappa shape index (κ1) is 19.3. The summed E-state index contributed by atoms with van der Waals surface area (Å²) in [5.41, 5.74) is 1.30. The lowest BCUT2D eigenvalue weighted by atomic mass is 10.1. The Hall–Kier alpha value is -4.02. The van der Waals surface area contributed by atoms with E-state index in [1.54, 1.807) is 18.2 Å². The van der Waals surface area contributed by atoms with Crippen LogP contribution in [0.1, 0.15) is 11.1 Å². The van der Waals surface area contributed by atoms with Crippen LogP contribution in [0.15, 0.2) is 41.5 Å². The second-order valence-electron chi connectivity index (χ2n) is 5.32. The molecule has 0 aliphatic carbocycles. The lowest BCUT2D eigenvalue weighted by Gasteiger charge is -2.05. The third-order valence-electron chi connectivity index (χ3n) is 3.26. The number of non-ortho nitro benzene ring substituents is 1. The molecule has 2 aromatic carbocycles. The molecular weight excluding hydrogens is 360 g/mol. The van der Waals surface area contributed by atoms with Gasteiger partial charge in [-0.25, -0.2) is 5.43 Å². The first-order valence-corrected chi connectivity index (χ1v) is 7.45. The van der Waals surface area contributed by atoms with Gasteiger partial charge in [-0.1, -0.05) is 12.1 Å². The van der Waals surface area contributed by atoms with Crippen molar-refractivity contribution >= 4 is 23.5 Å². The first-order valence-electron chi connectivity index (χ1n) is 7.45. The molecule has 0 saturated carbocycles. The van der Waals surface area contributed by atoms with Gasteiger partial charge in [0.25, 0.3) is 11.6 Å². The minimum absolute atomic E-state index is 0.296. The molecule has 0 aromatic heterocycles. The average Bonchev–Trinajstić information content (AvgIpc) is 2.61. The van der Waals surface area contributed by atoms with Crippen LogP contribution in [0.25, 0.3) is 0 Å². The largest absolute Gasteiger partial charge is 0.502 e. The summed E-state index contributed by atoms with van der Waals surface area (Å²) >= 11 is 0. The molecule has 0 unspecified atom stereocenters. The number of hydrogen-bond acceptors (Lipinski definition) is 8. The summed E-state index contributed by atoms with van der Waals surface area (Å²) in [7, 11) is 0. The number of nitrogens with one attached hydrogen (secondary N) is 1. The molecule has 0 bridgehead atoms. The third-order valence-corrected chi connectivity index (χ3v) is 3.26. The van der Waals surface area contributed by atoms with E-state index in [1.807, 2.05) is 13.0 Å². The van der Waals surface area contributed by atoms with Crippen LogP contribution in [-0.2, 0) is 4.79 Å². The first-order chi connectivity index (χ1) is 12.8. The van der Waals surface area contributed by atoms with Crippen molar-refractivity contribution in [2.24, 2.45) is 5.10 Å². The van der Waals surface area contributed by atoms with E-state index in [2.05, 4.69) is 10.5 Å². The predicted octanol–water partition coefficient (Wildman–Crippen LogP) is 2.05. The number of ether oxygens (including phenoxy) is 1. The van der Waals surface area contributed by atoms with Crippen LogP contribution in [0.4, 0.5) is 11.4 Å². The number of hydrazone groups is 1. The molecule has 1 amide bonds. The van der Waals surface area contributed by atoms with Crippen molar-refractivity contribution in [1.29, 1.82) is 0 Å². The molecule has 0 heterocycles. The summed E-state index contributed by atoms with van der Waals surface area (Å²) < 4.78 is 5.26. The van der Waals surface area contributed by atoms with Crippen molar-refractivity contribution in [3.8, 4) is 11.5 Å². The monoisotopic (exact) mass is 374 g/mol. The van der Waals surface area contributed by atoms with Gasteiger partial charge >= 0.3 is 5.69 Å². The lowest BCUT2D eigenvalue weighted by Crippen LogP contribution is -2.24. The third kappa shape index (κ3) is 5.22. The number of nitro groups is 2. The summed E-state index contributed by atoms with van der Waals surface area (Å²) in [6.07, 6.45) is 0.861. The molecule has 140 valence electrons. The summed E-state index contributed by atoms with van der Waals surface area (Å²) in [5, 5.41) is 35.0. The SMILES string of the molecule is Cc1cccc(OCC(=O)NN=Cc2cc([N+](=O)[O-])cc([N+](=O)[O-])c2O)c1. The van der Waals surface area contributed by atoms with Gasteiger partial charge in [-0.15, -0.1) is 0 Å². The molecule has 2 aromatic rings. The van der Waals surface area contributed by atoms with Crippen molar-refractivity contribution in [1.82, 2.24) is 5.43 Å². The fourth-order valence-electron chi connectivity index (χ4n) is 2.03. The second-order valence-corrected chi connectivity index (χ2v) is 5.32. The van der Waals surface area contributed by atoms with Crippen LogP contribution in [0.3, 0.4) is 0 Å². The normalized spacial score (nSPS) is 10.6. The molecule has 11 heteroatoms. The Morgan fingerprint density at radius 3 is 2.63 bits per heavy atom. The Morgan fingerprint density at radius 1 is 1.26 bits per heavy atom. The van der Waals surface area contributed by atoms with Crippen LogP contribution in [0.5, 0.6) is 11.5 Å². The number of aromatic hydroxyl groups is 1. The minimum Gasteiger partial charge on any atom is -0.502 e. The van der Waals surface area contributed by atoms with E-state index in [1.165, 1.54) is 0 Å². The zero-order chi connectivity index (χ0) is 20.0. The molecule has 2 N–H and O–H groups in total. The van der Waals surface area contributed by atoms with Crippen molar-refractivity contribution in [2.45, 2.75) is 6.92 Å². The molecule has 27 heavy (non-hydrogen) atoms. The fourth-order valence-corrected chi connectivity index (χ4v) is 2.03. The minimum atomic E-state index is -0.964. The van der Waals surface area contributed by atoms with Gasteiger partial charge in [0.05, 0.1) is 27.7 Å². The molecule has 11 nitrogen and oxygen atoms in total. The molecule has 0 aliphatic rings. The number of hydrogen-bond donors (Lipinski definition) is 2. The van der Waals surface area contributed by atoms with E-state index in [4.69, 9.17) is 4.74 Å². The number of carbonyl (C=O) groups excluding carboxylic acids is 1. The van der Waals surface area contributed by atoms with Gasteiger partial charge in [0.15, 0.2) is 6.61 Å². The molecule has 0 saturated heterocycles. The maximum absolute atomic E-state index is 11.7. The summed E-state index contributed by atoms with van der Waals surface area (Å²) in [4.78, 5) is 31.6. The van der Waals surface area contributed by atoms with E-state index < -0.39 is 32.9 Å². The van der Waals surface area contributed by atoms with Gasteiger partial charge in [0.1, 0.15) is 5.75 Å². The van der Waals surface area contributed by atoms with E-state index >= 15 is 0 Å². The molecule has 0 atom stereocenters. The van der Waals surface area contributed by atoms with E-state index in [0.717, 1.165) is 17.8 Å². The Morgan fingerprint density at radius 2 is 2.00 bits per heavy atom. The molecule has 0 aliphatic heterocycles. The highest BCUT2D eigenvalue weighted by Crippen LogP contribution is 2.33. The standard InChI is InChI=1S/C16H14N4O7/c1-10-3-2-4-13(5-10)27-9-15(21)18-17-8-11-6-12(19(23)24)7-14(16(11)22)20(25)26/h2-8,22H,9H2,1H3,(H,18,21). The number of rotatable bonds is 7. The second kappa shape index (κ2) is 8.38. The molecule has 0 fully saturated rings. The van der Waals surface area contributed by atoms with Crippen LogP contribution < -0.4 is 10.2 Å². The van der Waals surface area contributed by atoms with E-state index in [0.29, 0.717) is 11.8 Å². The number of phenols is 1. The van der Waals surface area contributed by atoms with Crippen LogP contribution in [0, 0.1) is 27.2 Å². The molecule has 0 spiro atoms. The van der Waals surface area contributed by atoms with Crippen LogP contribution in [0.2, 0.25) is 0 Å². The van der Waals surface area contributed by atoms with Crippen molar-refractivity contribution in [3.63, 3.8) is 0 Å². The Balaban J connectivity index is 2.05. The van der Waals surface area contributed by atoms with Gasteiger partial charge in [-0.05, 0) is 24.6 Å². The predicted molar refractivity (Wildman–Crippen MR) is 93.8 cm³/mol. The highest BCUT2D eigenvalue weighted by atomic mass is 16.6. The average molecular weight is 374 g/mol. The molecule has 2 rings (SSSR count). The summed E-state index contributed by atoms with van der Waals surface area (Å²) in [6, 6.07) is 8.55. The number of phenolic OH excluding ortho intramolecular Hbond substituents is 1. The van der Waals surface area contributed by atoms with Crippen molar-refractivity contribution in [2.75, 3.05) is 6.61 Å². The van der Waals surface area contributed by atoms with Crippen molar-refractivity contribution in [3.05, 3.63) is 67.8 Å². The number of aryl methyl sites for hydroxylation is 1. The van der Waals surface area contributed by atoms with Crippen LogP contribution >= 0.6 is 0 Å². The number of nitro benzene ring substituents is 2. The van der Waals surface area contributed by atoms with Crippen molar-refractivity contribution < 1.29 is 24.5 Å². The van der Waals surface area contributed by atoms with Gasteiger partial charge < -0.3 is 9.84 Å². The smallest absolute Gasteiger partial charge is 0.318 e. The summed E-state index contributed by atoms with van der Waals surface area (Å²) in [6.45, 7) is 1.52. The maximum atomic E-state index is 11.7. The zero-order valence-electron chi connectivity index (χ0n) is 14.0. The van der Waals surface area contributed by atoms with Gasteiger partial charge in [0, 0.05) is 6.07 Å². The Labute approximate surface area is 152 Å². The Kier molecular flexibility index (Phi) is 5.99.